The number of rotatable bonds is 5. The number of fused-ring (bicyclic) bond motifs is 1. The maximum absolute atomic E-state index is 13.0. The van der Waals surface area contributed by atoms with Crippen LogP contribution in [0.1, 0.15) is 15.9 Å². The lowest BCUT2D eigenvalue weighted by molar-refractivity contribution is -0.394. The highest BCUT2D eigenvalue weighted by Crippen LogP contribution is 2.31. The van der Waals surface area contributed by atoms with E-state index in [1.54, 1.807) is 10.6 Å². The Morgan fingerprint density at radius 2 is 1.74 bits per heavy atom. The molecule has 31 heavy (non-hydrogen) atoms. The fourth-order valence-corrected chi connectivity index (χ4v) is 3.21. The first-order valence-corrected chi connectivity index (χ1v) is 9.13. The van der Waals surface area contributed by atoms with Crippen LogP contribution in [0.15, 0.2) is 66.9 Å². The monoisotopic (exact) mass is 417 g/mol. The summed E-state index contributed by atoms with van der Waals surface area (Å²) < 4.78 is 1.67. The first kappa shape index (κ1) is 19.7. The summed E-state index contributed by atoms with van der Waals surface area (Å²) in [6.07, 6.45) is 1.74. The Kier molecular flexibility index (Phi) is 4.88. The number of benzene rings is 2. The Morgan fingerprint density at radius 3 is 2.42 bits per heavy atom. The summed E-state index contributed by atoms with van der Waals surface area (Å²) in [5.74, 6) is -0.444. The first-order valence-electron chi connectivity index (χ1n) is 9.13. The lowest BCUT2D eigenvalue weighted by atomic mass is 10.1. The van der Waals surface area contributed by atoms with Gasteiger partial charge in [0.15, 0.2) is 0 Å². The van der Waals surface area contributed by atoms with Crippen molar-refractivity contribution in [3.05, 3.63) is 98.2 Å². The van der Waals surface area contributed by atoms with E-state index < -0.39 is 27.1 Å². The van der Waals surface area contributed by atoms with Gasteiger partial charge >= 0.3 is 0 Å². The van der Waals surface area contributed by atoms with Crippen LogP contribution in [0, 0.1) is 27.2 Å². The normalized spacial score (nSPS) is 10.7. The number of aromatic nitrogens is 2. The third kappa shape index (κ3) is 3.69. The molecule has 154 valence electrons. The summed E-state index contributed by atoms with van der Waals surface area (Å²) in [5, 5.41) is 25.1. The van der Waals surface area contributed by atoms with E-state index in [0.717, 1.165) is 29.3 Å². The number of nitro benzene ring substituents is 2. The molecule has 10 nitrogen and oxygen atoms in total. The van der Waals surface area contributed by atoms with E-state index in [1.807, 2.05) is 49.4 Å². The summed E-state index contributed by atoms with van der Waals surface area (Å²) in [6.45, 7) is 1.91. The number of nitro groups is 2. The van der Waals surface area contributed by atoms with Gasteiger partial charge in [-0.05, 0) is 30.7 Å². The highest BCUT2D eigenvalue weighted by molar-refractivity contribution is 6.08. The molecule has 0 unspecified atom stereocenters. The predicted octanol–water partition coefficient (Wildman–Crippen LogP) is 4.38. The van der Waals surface area contributed by atoms with Gasteiger partial charge in [0.25, 0.3) is 17.3 Å². The molecule has 0 aliphatic rings. The second-order valence-corrected chi connectivity index (χ2v) is 6.78. The van der Waals surface area contributed by atoms with E-state index in [4.69, 9.17) is 0 Å². The van der Waals surface area contributed by atoms with Crippen LogP contribution in [0.25, 0.3) is 16.9 Å². The Bertz CT molecular complexity index is 1350. The maximum Gasteiger partial charge on any atom is 0.289 e. The molecule has 0 aliphatic heterocycles. The van der Waals surface area contributed by atoms with Gasteiger partial charge in [-0.2, -0.15) is 0 Å². The molecule has 10 heteroatoms. The molecule has 1 amide bonds. The zero-order chi connectivity index (χ0) is 22.1. The highest BCUT2D eigenvalue weighted by Gasteiger charge is 2.26. The summed E-state index contributed by atoms with van der Waals surface area (Å²) in [5.41, 5.74) is 1.38. The third-order valence-electron chi connectivity index (χ3n) is 4.69. The fraction of sp³-hybridized carbons (Fsp3) is 0.0476. The van der Waals surface area contributed by atoms with Gasteiger partial charge in [-0.3, -0.25) is 29.4 Å². The van der Waals surface area contributed by atoms with Gasteiger partial charge < -0.3 is 5.32 Å². The molecule has 2 aromatic carbocycles. The molecule has 0 saturated carbocycles. The van der Waals surface area contributed by atoms with E-state index in [9.17, 15) is 25.0 Å². The van der Waals surface area contributed by atoms with Crippen molar-refractivity contribution in [3.8, 4) is 11.3 Å². The number of nitrogens with one attached hydrogen (secondary N) is 1. The summed E-state index contributed by atoms with van der Waals surface area (Å²) >= 11 is 0. The van der Waals surface area contributed by atoms with Crippen LogP contribution in [0.2, 0.25) is 0 Å². The van der Waals surface area contributed by atoms with Crippen LogP contribution in [0.4, 0.5) is 17.2 Å². The molecule has 4 aromatic rings. The number of carbonyl (C=O) groups is 1. The van der Waals surface area contributed by atoms with Crippen molar-refractivity contribution < 1.29 is 14.6 Å². The number of non-ortho nitro benzene ring substituents is 1. The van der Waals surface area contributed by atoms with Crippen molar-refractivity contribution in [2.75, 3.05) is 5.32 Å². The van der Waals surface area contributed by atoms with Crippen LogP contribution in [-0.4, -0.2) is 25.1 Å². The first-order chi connectivity index (χ1) is 14.8. The quantitative estimate of drug-likeness (QED) is 0.378. The minimum absolute atomic E-state index is 0.295. The Hall–Kier alpha value is -4.60. The van der Waals surface area contributed by atoms with Crippen LogP contribution in [0.5, 0.6) is 0 Å². The van der Waals surface area contributed by atoms with Crippen LogP contribution < -0.4 is 5.32 Å². The predicted molar refractivity (Wildman–Crippen MR) is 113 cm³/mol. The molecule has 0 bridgehead atoms. The Balaban J connectivity index is 1.83. The summed E-state index contributed by atoms with van der Waals surface area (Å²) in [7, 11) is 0. The SMILES string of the molecule is Cc1ccn2c(NC(=O)c3ccc([N+](=O)[O-])cc3[N+](=O)[O-])c(-c3ccccc3)nc2c1. The van der Waals surface area contributed by atoms with Crippen molar-refractivity contribution in [1.29, 1.82) is 0 Å². The number of hydrogen-bond donors (Lipinski definition) is 1. The average Bonchev–Trinajstić information content (AvgIpc) is 3.11. The van der Waals surface area contributed by atoms with E-state index in [-0.39, 0.29) is 5.56 Å². The van der Waals surface area contributed by atoms with Gasteiger partial charge in [0, 0.05) is 17.8 Å². The number of aryl methyl sites for hydroxylation is 1. The van der Waals surface area contributed by atoms with E-state index >= 15 is 0 Å². The number of carbonyl (C=O) groups excluding carboxylic acids is 1. The molecule has 0 radical (unpaired) electrons. The molecule has 2 aromatic heterocycles. The lowest BCUT2D eigenvalue weighted by Gasteiger charge is -2.08. The minimum Gasteiger partial charge on any atom is -0.306 e. The number of anilines is 1. The molecule has 4 rings (SSSR count). The molecule has 0 saturated heterocycles. The van der Waals surface area contributed by atoms with Crippen molar-refractivity contribution >= 4 is 28.7 Å². The largest absolute Gasteiger partial charge is 0.306 e. The van der Waals surface area contributed by atoms with E-state index in [2.05, 4.69) is 10.3 Å². The van der Waals surface area contributed by atoms with Crippen molar-refractivity contribution in [2.24, 2.45) is 0 Å². The van der Waals surface area contributed by atoms with E-state index in [0.29, 0.717) is 17.2 Å². The average molecular weight is 417 g/mol. The van der Waals surface area contributed by atoms with Gasteiger partial charge in [-0.15, -0.1) is 0 Å². The molecular weight excluding hydrogens is 402 g/mol. The minimum atomic E-state index is -0.822. The topological polar surface area (TPSA) is 133 Å². The molecule has 1 N–H and O–H groups in total. The summed E-state index contributed by atoms with van der Waals surface area (Å²) in [4.78, 5) is 38.4. The highest BCUT2D eigenvalue weighted by atomic mass is 16.6. The summed E-state index contributed by atoms with van der Waals surface area (Å²) in [6, 6.07) is 15.8. The van der Waals surface area contributed by atoms with Gasteiger partial charge in [-0.1, -0.05) is 30.3 Å². The van der Waals surface area contributed by atoms with Gasteiger partial charge in [0.2, 0.25) is 0 Å². The molecule has 0 atom stereocenters. The number of pyridine rings is 1. The van der Waals surface area contributed by atoms with Gasteiger partial charge in [0.05, 0.1) is 15.9 Å². The standard InChI is InChI=1S/C21H15N5O5/c1-13-9-10-24-18(11-13)22-19(14-5-3-2-4-6-14)20(24)23-21(27)16-8-7-15(25(28)29)12-17(16)26(30)31/h2-12H,1H3,(H,23,27). The smallest absolute Gasteiger partial charge is 0.289 e. The number of imidazole rings is 1. The van der Waals surface area contributed by atoms with Crippen LogP contribution in [-0.2, 0) is 0 Å². The zero-order valence-electron chi connectivity index (χ0n) is 16.2. The van der Waals surface area contributed by atoms with E-state index in [1.165, 1.54) is 0 Å². The number of hydrogen-bond acceptors (Lipinski definition) is 6. The molecule has 0 spiro atoms. The third-order valence-corrected chi connectivity index (χ3v) is 4.69. The molecule has 0 aliphatic carbocycles. The number of nitrogens with zero attached hydrogens (tertiary/aromatic N) is 4. The molecular formula is C21H15N5O5. The maximum atomic E-state index is 13.0. The Morgan fingerprint density at radius 1 is 1.00 bits per heavy atom. The van der Waals surface area contributed by atoms with Crippen LogP contribution >= 0.6 is 0 Å². The lowest BCUT2D eigenvalue weighted by Crippen LogP contribution is -2.16. The second kappa shape index (κ2) is 7.67. The van der Waals surface area contributed by atoms with Gasteiger partial charge in [-0.25, -0.2) is 4.98 Å². The zero-order valence-corrected chi connectivity index (χ0v) is 16.2. The second-order valence-electron chi connectivity index (χ2n) is 6.78. The fourth-order valence-electron chi connectivity index (χ4n) is 3.21. The molecule has 0 fully saturated rings. The number of amides is 1. The van der Waals surface area contributed by atoms with Gasteiger partial charge in [0.1, 0.15) is 22.7 Å². The van der Waals surface area contributed by atoms with Crippen LogP contribution in [0.3, 0.4) is 0 Å². The Labute approximate surface area is 175 Å². The van der Waals surface area contributed by atoms with Crippen molar-refractivity contribution in [2.45, 2.75) is 6.92 Å². The van der Waals surface area contributed by atoms with Crippen molar-refractivity contribution in [1.82, 2.24) is 9.38 Å². The molecule has 2 heterocycles. The van der Waals surface area contributed by atoms with Crippen molar-refractivity contribution in [3.63, 3.8) is 0 Å².